The number of aromatic nitrogens is 1. The van der Waals surface area contributed by atoms with Gasteiger partial charge in [0, 0.05) is 17.8 Å². The summed E-state index contributed by atoms with van der Waals surface area (Å²) in [6.45, 7) is 0. The number of non-ortho nitro benzene ring substituents is 1. The van der Waals surface area contributed by atoms with E-state index in [1.165, 1.54) is 67.9 Å². The molecule has 4 aromatic carbocycles. The van der Waals surface area contributed by atoms with Gasteiger partial charge in [0.25, 0.3) is 21.6 Å². The molecule has 1 heterocycles. The van der Waals surface area contributed by atoms with E-state index in [4.69, 9.17) is 4.74 Å². The first-order valence-electron chi connectivity index (χ1n) is 12.5. The molecule has 0 spiro atoms. The van der Waals surface area contributed by atoms with Crippen LogP contribution < -0.4 is 20.2 Å². The molecule has 0 aliphatic rings. The minimum Gasteiger partial charge on any atom is -0.508 e. The van der Waals surface area contributed by atoms with Gasteiger partial charge in [0.05, 0.1) is 44.6 Å². The van der Waals surface area contributed by atoms with Crippen LogP contribution in [0, 0.1) is 15.9 Å². The van der Waals surface area contributed by atoms with Crippen LogP contribution in [-0.4, -0.2) is 42.7 Å². The van der Waals surface area contributed by atoms with Gasteiger partial charge >= 0.3 is 0 Å². The zero-order valence-corrected chi connectivity index (χ0v) is 24.1. The van der Waals surface area contributed by atoms with E-state index < -0.39 is 26.7 Å². The number of nitro groups is 1. The van der Waals surface area contributed by atoms with Crippen molar-refractivity contribution in [3.8, 4) is 11.5 Å². The summed E-state index contributed by atoms with van der Waals surface area (Å²) >= 11 is 0.841. The van der Waals surface area contributed by atoms with Crippen LogP contribution in [0.2, 0.25) is 0 Å². The molecule has 44 heavy (non-hydrogen) atoms. The predicted octanol–water partition coefficient (Wildman–Crippen LogP) is 5.37. The third-order valence-corrected chi connectivity index (χ3v) is 8.52. The van der Waals surface area contributed by atoms with Gasteiger partial charge in [-0.1, -0.05) is 17.4 Å². The van der Waals surface area contributed by atoms with E-state index in [2.05, 4.69) is 25.6 Å². The number of nitrogens with one attached hydrogen (secondary N) is 3. The van der Waals surface area contributed by atoms with Crippen LogP contribution in [0.1, 0.15) is 15.9 Å². The number of phenols is 1. The number of carbonyl (C=O) groups excluding carboxylic acids is 1. The number of rotatable bonds is 10. The van der Waals surface area contributed by atoms with Crippen LogP contribution in [0.3, 0.4) is 0 Å². The largest absolute Gasteiger partial charge is 0.508 e. The molecule has 4 N–H and O–H groups in total. The second kappa shape index (κ2) is 12.3. The lowest BCUT2D eigenvalue weighted by molar-refractivity contribution is -0.384. The van der Waals surface area contributed by atoms with Crippen molar-refractivity contribution in [2.45, 2.75) is 4.90 Å². The number of ether oxygens (including phenoxy) is 1. The van der Waals surface area contributed by atoms with E-state index in [0.717, 1.165) is 23.5 Å². The summed E-state index contributed by atoms with van der Waals surface area (Å²) in [6, 6.07) is 17.7. The molecule has 0 aliphatic heterocycles. The summed E-state index contributed by atoms with van der Waals surface area (Å²) in [5.41, 5.74) is 3.06. The zero-order valence-electron chi connectivity index (χ0n) is 22.5. The van der Waals surface area contributed by atoms with Crippen LogP contribution in [0.15, 0.2) is 88.9 Å². The number of benzene rings is 4. The Hall–Kier alpha value is -5.61. The van der Waals surface area contributed by atoms with E-state index >= 15 is 0 Å². The molecule has 5 rings (SSSR count). The SMILES string of the molecule is COc1ccc(S(=O)(=O)Nc2nc3ccc(F)c(Nc4cccc([N+](=O)[O-])c4)c3s2)cc1C(=O)N/N=C/c1ccc(O)cc1. The molecule has 224 valence electrons. The molecule has 13 nitrogen and oxygen atoms in total. The highest BCUT2D eigenvalue weighted by molar-refractivity contribution is 7.93. The van der Waals surface area contributed by atoms with Crippen molar-refractivity contribution >= 4 is 65.9 Å². The highest BCUT2D eigenvalue weighted by atomic mass is 32.2. The van der Waals surface area contributed by atoms with Crippen molar-refractivity contribution in [1.29, 1.82) is 0 Å². The maximum atomic E-state index is 14.8. The number of carbonyl (C=O) groups is 1. The van der Waals surface area contributed by atoms with Gasteiger partial charge in [-0.05, 0) is 66.2 Å². The number of aromatic hydroxyl groups is 1. The van der Waals surface area contributed by atoms with Crippen LogP contribution >= 0.6 is 11.3 Å². The lowest BCUT2D eigenvalue weighted by Crippen LogP contribution is -2.20. The van der Waals surface area contributed by atoms with E-state index in [1.54, 1.807) is 12.1 Å². The molecular weight excluding hydrogens is 615 g/mol. The number of phenolic OH excluding ortho intramolecular Hbond substituents is 1. The minimum absolute atomic E-state index is 0.0396. The number of anilines is 3. The molecule has 0 saturated heterocycles. The Bertz CT molecular complexity index is 2030. The summed E-state index contributed by atoms with van der Waals surface area (Å²) < 4.78 is 49.3. The second-order valence-electron chi connectivity index (χ2n) is 8.98. The Morgan fingerprint density at radius 2 is 1.89 bits per heavy atom. The number of methoxy groups -OCH3 is 1. The smallest absolute Gasteiger partial charge is 0.275 e. The molecule has 5 aromatic rings. The summed E-state index contributed by atoms with van der Waals surface area (Å²) in [7, 11) is -2.98. The van der Waals surface area contributed by atoms with Gasteiger partial charge in [-0.25, -0.2) is 23.2 Å². The Kier molecular flexibility index (Phi) is 8.36. The molecular formula is C28H21FN6O7S2. The van der Waals surface area contributed by atoms with Crippen molar-refractivity contribution < 1.29 is 32.4 Å². The number of halogens is 1. The Labute approximate surface area is 252 Å². The normalized spacial score (nSPS) is 11.4. The summed E-state index contributed by atoms with van der Waals surface area (Å²) in [6.07, 6.45) is 1.34. The first kappa shape index (κ1) is 29.9. The summed E-state index contributed by atoms with van der Waals surface area (Å²) in [5.74, 6) is -1.27. The van der Waals surface area contributed by atoms with Gasteiger partial charge in [0.2, 0.25) is 0 Å². The molecule has 16 heteroatoms. The van der Waals surface area contributed by atoms with E-state index in [9.17, 15) is 32.8 Å². The van der Waals surface area contributed by atoms with Crippen molar-refractivity contribution in [3.63, 3.8) is 0 Å². The fraction of sp³-hybridized carbons (Fsp3) is 0.0357. The van der Waals surface area contributed by atoms with E-state index in [0.29, 0.717) is 5.56 Å². The number of thiazole rings is 1. The quantitative estimate of drug-likeness (QED) is 0.0889. The third kappa shape index (κ3) is 6.55. The van der Waals surface area contributed by atoms with Gasteiger partial charge in [-0.15, -0.1) is 0 Å². The molecule has 1 aromatic heterocycles. The highest BCUT2D eigenvalue weighted by Crippen LogP contribution is 2.37. The number of amides is 1. The molecule has 0 bridgehead atoms. The summed E-state index contributed by atoms with van der Waals surface area (Å²) in [5, 5.41) is 27.1. The first-order valence-corrected chi connectivity index (χ1v) is 14.8. The lowest BCUT2D eigenvalue weighted by atomic mass is 10.2. The number of hydrogen-bond acceptors (Lipinski definition) is 11. The maximum Gasteiger partial charge on any atom is 0.275 e. The number of sulfonamides is 1. The summed E-state index contributed by atoms with van der Waals surface area (Å²) in [4.78, 5) is 27.4. The molecule has 0 aliphatic carbocycles. The molecule has 0 unspecified atom stereocenters. The zero-order chi connectivity index (χ0) is 31.4. The van der Waals surface area contributed by atoms with Gasteiger partial charge in [0.15, 0.2) is 5.13 Å². The fourth-order valence-electron chi connectivity index (χ4n) is 3.96. The van der Waals surface area contributed by atoms with E-state index in [-0.39, 0.29) is 54.4 Å². The van der Waals surface area contributed by atoms with Crippen LogP contribution in [-0.2, 0) is 10.0 Å². The monoisotopic (exact) mass is 636 g/mol. The maximum absolute atomic E-state index is 14.8. The predicted molar refractivity (Wildman–Crippen MR) is 163 cm³/mol. The van der Waals surface area contributed by atoms with Crippen LogP contribution in [0.25, 0.3) is 10.2 Å². The van der Waals surface area contributed by atoms with Crippen molar-refractivity contribution in [3.05, 3.63) is 106 Å². The highest BCUT2D eigenvalue weighted by Gasteiger charge is 2.22. The average molecular weight is 637 g/mol. The number of hydrazone groups is 1. The Morgan fingerprint density at radius 1 is 1.11 bits per heavy atom. The molecule has 0 radical (unpaired) electrons. The van der Waals surface area contributed by atoms with Crippen molar-refractivity contribution in [2.24, 2.45) is 5.10 Å². The van der Waals surface area contributed by atoms with Crippen LogP contribution in [0.4, 0.5) is 26.6 Å². The molecule has 0 atom stereocenters. The first-order chi connectivity index (χ1) is 21.0. The minimum atomic E-state index is -4.30. The fourth-order valence-corrected chi connectivity index (χ4v) is 6.18. The van der Waals surface area contributed by atoms with Gasteiger partial charge < -0.3 is 15.2 Å². The van der Waals surface area contributed by atoms with Gasteiger partial charge in [-0.2, -0.15) is 5.10 Å². The second-order valence-corrected chi connectivity index (χ2v) is 11.7. The molecule has 0 fully saturated rings. The third-order valence-electron chi connectivity index (χ3n) is 6.05. The van der Waals surface area contributed by atoms with Gasteiger partial charge in [-0.3, -0.25) is 19.6 Å². The van der Waals surface area contributed by atoms with Gasteiger partial charge in [0.1, 0.15) is 17.3 Å². The van der Waals surface area contributed by atoms with Crippen molar-refractivity contribution in [1.82, 2.24) is 10.4 Å². The van der Waals surface area contributed by atoms with Crippen molar-refractivity contribution in [2.75, 3.05) is 17.1 Å². The Morgan fingerprint density at radius 3 is 2.61 bits per heavy atom. The standard InChI is InChI=1S/C28H21FN6O7S2/c1-42-24-12-9-20(14-21(24)27(37)33-30-15-16-5-7-19(36)8-6-16)44(40,41)34-28-32-23-11-10-22(29)25(26(23)43-28)31-17-3-2-4-18(13-17)35(38)39/h2-15,31,36H,1H3,(H,32,34)(H,33,37)/b30-15+. The average Bonchev–Trinajstić information content (AvgIpc) is 3.41. The molecule has 1 amide bonds. The molecule has 0 saturated carbocycles. The number of hydrogen-bond donors (Lipinski definition) is 4. The number of nitro benzene ring substituents is 1. The lowest BCUT2D eigenvalue weighted by Gasteiger charge is -2.10. The van der Waals surface area contributed by atoms with E-state index in [1.807, 2.05) is 0 Å². The number of fused-ring (bicyclic) bond motifs is 1. The van der Waals surface area contributed by atoms with Crippen LogP contribution in [0.5, 0.6) is 11.5 Å². The topological polar surface area (TPSA) is 185 Å². The Balaban J connectivity index is 1.39. The number of nitrogens with zero attached hydrogens (tertiary/aromatic N) is 3.